The number of carbonyl (C=O) groups is 2. The summed E-state index contributed by atoms with van der Waals surface area (Å²) >= 11 is 0. The SMILES string of the molecule is O=C1CN(CC(=O)Nc2ccc(F)cc2[N+](=O)[O-])CCN1. The molecule has 112 valence electrons. The van der Waals surface area contributed by atoms with E-state index in [4.69, 9.17) is 0 Å². The monoisotopic (exact) mass is 296 g/mol. The molecule has 1 heterocycles. The van der Waals surface area contributed by atoms with Gasteiger partial charge >= 0.3 is 0 Å². The average molecular weight is 296 g/mol. The fourth-order valence-corrected chi connectivity index (χ4v) is 1.98. The van der Waals surface area contributed by atoms with Crippen molar-refractivity contribution in [3.63, 3.8) is 0 Å². The molecule has 0 saturated carbocycles. The third-order valence-electron chi connectivity index (χ3n) is 2.92. The summed E-state index contributed by atoms with van der Waals surface area (Å²) in [5, 5.41) is 15.8. The van der Waals surface area contributed by atoms with E-state index in [0.717, 1.165) is 18.2 Å². The number of hydrogen-bond acceptors (Lipinski definition) is 5. The van der Waals surface area contributed by atoms with Gasteiger partial charge in [0.15, 0.2) is 0 Å². The van der Waals surface area contributed by atoms with Crippen LogP contribution in [0.5, 0.6) is 0 Å². The maximum absolute atomic E-state index is 13.0. The van der Waals surface area contributed by atoms with Gasteiger partial charge in [-0.25, -0.2) is 4.39 Å². The van der Waals surface area contributed by atoms with Crippen molar-refractivity contribution in [2.24, 2.45) is 0 Å². The number of nitro groups is 1. The van der Waals surface area contributed by atoms with Crippen LogP contribution < -0.4 is 10.6 Å². The van der Waals surface area contributed by atoms with Gasteiger partial charge in [0.1, 0.15) is 11.5 Å². The zero-order valence-electron chi connectivity index (χ0n) is 11.0. The highest BCUT2D eigenvalue weighted by Gasteiger charge is 2.21. The molecule has 1 aromatic rings. The van der Waals surface area contributed by atoms with Crippen molar-refractivity contribution < 1.29 is 18.9 Å². The molecule has 1 saturated heterocycles. The Kier molecular flexibility index (Phi) is 4.43. The van der Waals surface area contributed by atoms with Crippen LogP contribution in [0, 0.1) is 15.9 Å². The van der Waals surface area contributed by atoms with Crippen LogP contribution in [-0.4, -0.2) is 47.8 Å². The smallest absolute Gasteiger partial charge is 0.295 e. The summed E-state index contributed by atoms with van der Waals surface area (Å²) in [5.74, 6) is -1.44. The molecule has 0 bridgehead atoms. The van der Waals surface area contributed by atoms with Crippen LogP contribution in [-0.2, 0) is 9.59 Å². The average Bonchev–Trinajstić information content (AvgIpc) is 2.40. The summed E-state index contributed by atoms with van der Waals surface area (Å²) in [5.41, 5.74) is -0.590. The molecule has 0 atom stereocenters. The van der Waals surface area contributed by atoms with Crippen molar-refractivity contribution >= 4 is 23.2 Å². The summed E-state index contributed by atoms with van der Waals surface area (Å²) in [4.78, 5) is 34.7. The van der Waals surface area contributed by atoms with Gasteiger partial charge in [-0.15, -0.1) is 0 Å². The van der Waals surface area contributed by atoms with E-state index in [-0.39, 0.29) is 24.7 Å². The van der Waals surface area contributed by atoms with E-state index >= 15 is 0 Å². The minimum atomic E-state index is -0.771. The summed E-state index contributed by atoms with van der Waals surface area (Å²) < 4.78 is 13.0. The second kappa shape index (κ2) is 6.27. The van der Waals surface area contributed by atoms with Gasteiger partial charge in [0.05, 0.1) is 24.1 Å². The lowest BCUT2D eigenvalue weighted by atomic mass is 10.2. The quantitative estimate of drug-likeness (QED) is 0.606. The molecular weight excluding hydrogens is 283 g/mol. The molecule has 1 fully saturated rings. The van der Waals surface area contributed by atoms with Gasteiger partial charge in [-0.05, 0) is 12.1 Å². The molecule has 0 aliphatic carbocycles. The van der Waals surface area contributed by atoms with Crippen molar-refractivity contribution in [1.82, 2.24) is 10.2 Å². The summed E-state index contributed by atoms with van der Waals surface area (Å²) in [6.07, 6.45) is 0. The highest BCUT2D eigenvalue weighted by molar-refractivity contribution is 5.94. The van der Waals surface area contributed by atoms with E-state index in [2.05, 4.69) is 10.6 Å². The highest BCUT2D eigenvalue weighted by atomic mass is 19.1. The maximum Gasteiger partial charge on any atom is 0.295 e. The fourth-order valence-electron chi connectivity index (χ4n) is 1.98. The normalized spacial score (nSPS) is 15.4. The van der Waals surface area contributed by atoms with E-state index < -0.39 is 22.3 Å². The van der Waals surface area contributed by atoms with Gasteiger partial charge in [-0.1, -0.05) is 0 Å². The zero-order valence-corrected chi connectivity index (χ0v) is 11.0. The molecule has 0 spiro atoms. The number of nitrogens with one attached hydrogen (secondary N) is 2. The summed E-state index contributed by atoms with van der Waals surface area (Å²) in [7, 11) is 0. The number of benzene rings is 1. The van der Waals surface area contributed by atoms with Crippen LogP contribution in [0.15, 0.2) is 18.2 Å². The Bertz CT molecular complexity index is 593. The van der Waals surface area contributed by atoms with Crippen LogP contribution in [0.4, 0.5) is 15.8 Å². The number of nitrogens with zero attached hydrogens (tertiary/aromatic N) is 2. The Labute approximate surface area is 119 Å². The van der Waals surface area contributed by atoms with Crippen LogP contribution >= 0.6 is 0 Å². The third kappa shape index (κ3) is 3.96. The second-order valence-corrected chi connectivity index (χ2v) is 4.53. The number of nitro benzene ring substituents is 1. The molecule has 1 aromatic carbocycles. The minimum absolute atomic E-state index is 0.0675. The molecule has 2 amide bonds. The lowest BCUT2D eigenvalue weighted by Crippen LogP contribution is -2.49. The van der Waals surface area contributed by atoms with Gasteiger partial charge in [0, 0.05) is 13.1 Å². The molecule has 0 aromatic heterocycles. The minimum Gasteiger partial charge on any atom is -0.354 e. The standard InChI is InChI=1S/C12H13FN4O4/c13-8-1-2-9(10(5-8)17(20)21)15-12(19)7-16-4-3-14-11(18)6-16/h1-2,5H,3-4,6-7H2,(H,14,18)(H,15,19). The Morgan fingerprint density at radius 2 is 2.29 bits per heavy atom. The van der Waals surface area contributed by atoms with Crippen molar-refractivity contribution in [2.45, 2.75) is 0 Å². The number of carbonyl (C=O) groups excluding carboxylic acids is 2. The molecule has 2 rings (SSSR count). The third-order valence-corrected chi connectivity index (χ3v) is 2.92. The zero-order chi connectivity index (χ0) is 15.4. The van der Waals surface area contributed by atoms with Gasteiger partial charge in [-0.3, -0.25) is 24.6 Å². The molecule has 1 aliphatic heterocycles. The van der Waals surface area contributed by atoms with Gasteiger partial charge in [-0.2, -0.15) is 0 Å². The van der Waals surface area contributed by atoms with Gasteiger partial charge in [0.2, 0.25) is 11.8 Å². The molecule has 8 nitrogen and oxygen atoms in total. The Morgan fingerprint density at radius 1 is 1.52 bits per heavy atom. The number of amides is 2. The van der Waals surface area contributed by atoms with Crippen LogP contribution in [0.3, 0.4) is 0 Å². The summed E-state index contributed by atoms with van der Waals surface area (Å²) in [6, 6.07) is 2.90. The van der Waals surface area contributed by atoms with Crippen molar-refractivity contribution in [2.75, 3.05) is 31.5 Å². The number of halogens is 1. The molecule has 21 heavy (non-hydrogen) atoms. The first kappa shape index (κ1) is 14.9. The molecular formula is C12H13FN4O4. The van der Waals surface area contributed by atoms with Crippen molar-refractivity contribution in [3.05, 3.63) is 34.1 Å². The lowest BCUT2D eigenvalue weighted by molar-refractivity contribution is -0.384. The highest BCUT2D eigenvalue weighted by Crippen LogP contribution is 2.24. The van der Waals surface area contributed by atoms with E-state index in [1.165, 1.54) is 0 Å². The Balaban J connectivity index is 2.02. The van der Waals surface area contributed by atoms with Crippen molar-refractivity contribution in [1.29, 1.82) is 0 Å². The lowest BCUT2D eigenvalue weighted by Gasteiger charge is -2.25. The van der Waals surface area contributed by atoms with Gasteiger partial charge < -0.3 is 10.6 Å². The maximum atomic E-state index is 13.0. The number of anilines is 1. The van der Waals surface area contributed by atoms with Crippen molar-refractivity contribution in [3.8, 4) is 0 Å². The first-order valence-electron chi connectivity index (χ1n) is 6.18. The number of rotatable bonds is 4. The predicted molar refractivity (Wildman–Crippen MR) is 71.1 cm³/mol. The fraction of sp³-hybridized carbons (Fsp3) is 0.333. The van der Waals surface area contributed by atoms with E-state index in [9.17, 15) is 24.1 Å². The molecule has 2 N–H and O–H groups in total. The van der Waals surface area contributed by atoms with E-state index in [0.29, 0.717) is 13.1 Å². The predicted octanol–water partition coefficient (Wildman–Crippen LogP) is 0.104. The molecule has 1 aliphatic rings. The van der Waals surface area contributed by atoms with Crippen LogP contribution in [0.25, 0.3) is 0 Å². The van der Waals surface area contributed by atoms with Crippen LogP contribution in [0.1, 0.15) is 0 Å². The Morgan fingerprint density at radius 3 is 2.95 bits per heavy atom. The van der Waals surface area contributed by atoms with E-state index in [1.807, 2.05) is 0 Å². The molecule has 9 heteroatoms. The first-order valence-corrected chi connectivity index (χ1v) is 6.18. The summed E-state index contributed by atoms with van der Waals surface area (Å²) in [6.45, 7) is 0.994. The van der Waals surface area contributed by atoms with Crippen LogP contribution in [0.2, 0.25) is 0 Å². The second-order valence-electron chi connectivity index (χ2n) is 4.53. The van der Waals surface area contributed by atoms with E-state index in [1.54, 1.807) is 4.90 Å². The topological polar surface area (TPSA) is 105 Å². The Hall–Kier alpha value is -2.55. The first-order chi connectivity index (χ1) is 9.95. The largest absolute Gasteiger partial charge is 0.354 e. The van der Waals surface area contributed by atoms with Gasteiger partial charge in [0.25, 0.3) is 5.69 Å². The number of hydrogen-bond donors (Lipinski definition) is 2. The molecule has 0 radical (unpaired) electrons. The number of piperazine rings is 1. The molecule has 0 unspecified atom stereocenters.